The molecule has 27 heavy (non-hydrogen) atoms. The molecule has 0 saturated carbocycles. The van der Waals surface area contributed by atoms with Gasteiger partial charge in [0, 0.05) is 22.7 Å². The quantitative estimate of drug-likeness (QED) is 0.373. The van der Waals surface area contributed by atoms with Gasteiger partial charge in [-0.25, -0.2) is 4.98 Å². The van der Waals surface area contributed by atoms with E-state index in [1.807, 2.05) is 30.5 Å². The molecule has 0 aliphatic rings. The maximum Gasteiger partial charge on any atom is 0.228 e. The molecule has 0 aliphatic carbocycles. The van der Waals surface area contributed by atoms with Crippen molar-refractivity contribution in [3.63, 3.8) is 0 Å². The Bertz CT molecular complexity index is 1290. The van der Waals surface area contributed by atoms with Crippen molar-refractivity contribution in [3.8, 4) is 22.5 Å². The van der Waals surface area contributed by atoms with Crippen molar-refractivity contribution in [1.82, 2.24) is 9.97 Å². The zero-order valence-corrected chi connectivity index (χ0v) is 15.2. The van der Waals surface area contributed by atoms with Crippen molar-refractivity contribution in [2.75, 3.05) is 0 Å². The average Bonchev–Trinajstić information content (AvgIpc) is 3.07. The molecule has 0 spiro atoms. The molecule has 0 bridgehead atoms. The fourth-order valence-electron chi connectivity index (χ4n) is 3.63. The van der Waals surface area contributed by atoms with E-state index in [-0.39, 0.29) is 0 Å². The summed E-state index contributed by atoms with van der Waals surface area (Å²) in [5.41, 5.74) is 7.77. The predicted molar refractivity (Wildman–Crippen MR) is 110 cm³/mol. The zero-order valence-electron chi connectivity index (χ0n) is 15.2. The van der Waals surface area contributed by atoms with Crippen LogP contribution in [-0.2, 0) is 0 Å². The van der Waals surface area contributed by atoms with Crippen LogP contribution in [0.5, 0.6) is 0 Å². The molecular formula is C24H18N2O. The number of rotatable bonds is 2. The van der Waals surface area contributed by atoms with Crippen molar-refractivity contribution in [3.05, 3.63) is 84.1 Å². The highest BCUT2D eigenvalue weighted by Gasteiger charge is 2.16. The number of para-hydroxylation sites is 1. The van der Waals surface area contributed by atoms with Crippen LogP contribution in [0.3, 0.4) is 0 Å². The van der Waals surface area contributed by atoms with Gasteiger partial charge in [-0.1, -0.05) is 42.5 Å². The van der Waals surface area contributed by atoms with Gasteiger partial charge in [0.15, 0.2) is 0 Å². The van der Waals surface area contributed by atoms with Gasteiger partial charge in [-0.15, -0.1) is 0 Å². The lowest BCUT2D eigenvalue weighted by molar-refractivity contribution is 0.655. The van der Waals surface area contributed by atoms with E-state index in [0.29, 0.717) is 5.71 Å². The van der Waals surface area contributed by atoms with Gasteiger partial charge in [-0.2, -0.15) is 0 Å². The van der Waals surface area contributed by atoms with E-state index in [0.717, 1.165) is 44.4 Å². The van der Waals surface area contributed by atoms with Crippen molar-refractivity contribution in [2.24, 2.45) is 0 Å². The van der Waals surface area contributed by atoms with Crippen LogP contribution in [0.25, 0.3) is 44.6 Å². The number of hydrogen-bond donors (Lipinski definition) is 0. The Morgan fingerprint density at radius 1 is 0.815 bits per heavy atom. The molecule has 0 saturated heterocycles. The molecular weight excluding hydrogens is 332 g/mol. The van der Waals surface area contributed by atoms with E-state index in [9.17, 15) is 0 Å². The van der Waals surface area contributed by atoms with E-state index in [4.69, 9.17) is 9.40 Å². The first kappa shape index (κ1) is 15.8. The molecule has 5 rings (SSSR count). The fraction of sp³-hybridized carbons (Fsp3) is 0.0833. The Labute approximate surface area is 157 Å². The van der Waals surface area contributed by atoms with E-state index in [1.54, 1.807) is 0 Å². The molecule has 0 aliphatic heterocycles. The van der Waals surface area contributed by atoms with Crippen LogP contribution in [0.4, 0.5) is 0 Å². The smallest absolute Gasteiger partial charge is 0.228 e. The predicted octanol–water partition coefficient (Wildman–Crippen LogP) is 6.33. The van der Waals surface area contributed by atoms with Crippen LogP contribution in [-0.4, -0.2) is 9.97 Å². The Kier molecular flexibility index (Phi) is 3.54. The van der Waals surface area contributed by atoms with Crippen LogP contribution < -0.4 is 0 Å². The van der Waals surface area contributed by atoms with Crippen molar-refractivity contribution < 1.29 is 4.42 Å². The molecule has 0 atom stereocenters. The average molecular weight is 350 g/mol. The highest BCUT2D eigenvalue weighted by molar-refractivity contribution is 6.10. The Hall–Kier alpha value is -3.46. The summed E-state index contributed by atoms with van der Waals surface area (Å²) in [4.78, 5) is 9.35. The van der Waals surface area contributed by atoms with E-state index >= 15 is 0 Å². The van der Waals surface area contributed by atoms with Gasteiger partial charge >= 0.3 is 0 Å². The monoisotopic (exact) mass is 350 g/mol. The summed E-state index contributed by atoms with van der Waals surface area (Å²) in [7, 11) is 0. The third-order valence-electron chi connectivity index (χ3n) is 4.93. The molecule has 3 nitrogen and oxygen atoms in total. The molecule has 0 unspecified atom stereocenters. The largest absolute Gasteiger partial charge is 0.437 e. The first-order valence-corrected chi connectivity index (χ1v) is 9.02. The van der Waals surface area contributed by atoms with Crippen molar-refractivity contribution in [2.45, 2.75) is 13.8 Å². The molecule has 0 radical (unpaired) electrons. The number of pyridine rings is 2. The summed E-state index contributed by atoms with van der Waals surface area (Å²) in [6.07, 6.45) is 1.84. The van der Waals surface area contributed by atoms with Crippen LogP contribution in [0.15, 0.2) is 77.3 Å². The molecule has 2 aromatic carbocycles. The molecule has 3 heterocycles. The lowest BCUT2D eigenvalue weighted by Crippen LogP contribution is -1.86. The van der Waals surface area contributed by atoms with Crippen LogP contribution in [0, 0.1) is 13.8 Å². The summed E-state index contributed by atoms with van der Waals surface area (Å²) in [6.45, 7) is 4.19. The topological polar surface area (TPSA) is 38.9 Å². The van der Waals surface area contributed by atoms with E-state index < -0.39 is 0 Å². The van der Waals surface area contributed by atoms with Crippen LogP contribution >= 0.6 is 0 Å². The number of aromatic nitrogens is 2. The minimum atomic E-state index is 0.670. The van der Waals surface area contributed by atoms with Gasteiger partial charge in [0.1, 0.15) is 5.58 Å². The van der Waals surface area contributed by atoms with Crippen LogP contribution in [0.2, 0.25) is 0 Å². The minimum absolute atomic E-state index is 0.670. The standard InChI is InChI=1S/C24H18N2O/c1-15-11-12-25-21(13-15)18-9-6-10-19-22-16(2)14-20(17-7-4-3-5-8-17)26-24(22)27-23(18)19/h3-14H,1-2H3. The molecule has 5 aromatic rings. The summed E-state index contributed by atoms with van der Waals surface area (Å²) in [6, 6.07) is 22.6. The van der Waals surface area contributed by atoms with Gasteiger partial charge in [-0.05, 0) is 49.2 Å². The van der Waals surface area contributed by atoms with E-state index in [2.05, 4.69) is 61.3 Å². The molecule has 3 heteroatoms. The Balaban J connectivity index is 1.80. The number of fused-ring (bicyclic) bond motifs is 3. The highest BCUT2D eigenvalue weighted by atomic mass is 16.3. The minimum Gasteiger partial charge on any atom is -0.437 e. The molecule has 0 N–H and O–H groups in total. The van der Waals surface area contributed by atoms with Gasteiger partial charge in [0.2, 0.25) is 5.71 Å². The normalized spacial score (nSPS) is 11.3. The van der Waals surface area contributed by atoms with Crippen LogP contribution in [0.1, 0.15) is 11.1 Å². The number of hydrogen-bond acceptors (Lipinski definition) is 3. The maximum atomic E-state index is 6.27. The molecule has 0 amide bonds. The third kappa shape index (κ3) is 2.59. The lowest BCUT2D eigenvalue weighted by Gasteiger charge is -2.03. The highest BCUT2D eigenvalue weighted by Crippen LogP contribution is 2.37. The molecule has 0 fully saturated rings. The second-order valence-corrected chi connectivity index (χ2v) is 6.87. The van der Waals surface area contributed by atoms with Crippen molar-refractivity contribution >= 4 is 22.1 Å². The molecule has 3 aromatic heterocycles. The zero-order chi connectivity index (χ0) is 18.4. The first-order chi connectivity index (χ1) is 13.2. The molecule has 130 valence electrons. The number of furan rings is 1. The van der Waals surface area contributed by atoms with Gasteiger partial charge in [0.25, 0.3) is 0 Å². The summed E-state index contributed by atoms with van der Waals surface area (Å²) in [5, 5.41) is 2.15. The van der Waals surface area contributed by atoms with Crippen molar-refractivity contribution in [1.29, 1.82) is 0 Å². The third-order valence-corrected chi connectivity index (χ3v) is 4.93. The Morgan fingerprint density at radius 2 is 1.67 bits per heavy atom. The Morgan fingerprint density at radius 3 is 2.48 bits per heavy atom. The van der Waals surface area contributed by atoms with Gasteiger partial charge < -0.3 is 4.42 Å². The summed E-state index contributed by atoms with van der Waals surface area (Å²) in [5.74, 6) is 0. The summed E-state index contributed by atoms with van der Waals surface area (Å²) < 4.78 is 6.27. The van der Waals surface area contributed by atoms with Gasteiger partial charge in [0.05, 0.1) is 16.8 Å². The number of benzene rings is 2. The maximum absolute atomic E-state index is 6.27. The number of nitrogens with zero attached hydrogens (tertiary/aromatic N) is 2. The fourth-order valence-corrected chi connectivity index (χ4v) is 3.63. The number of aryl methyl sites for hydroxylation is 2. The van der Waals surface area contributed by atoms with E-state index in [1.165, 1.54) is 5.56 Å². The second kappa shape index (κ2) is 6.06. The van der Waals surface area contributed by atoms with Gasteiger partial charge in [-0.3, -0.25) is 4.98 Å². The second-order valence-electron chi connectivity index (χ2n) is 6.87. The first-order valence-electron chi connectivity index (χ1n) is 9.02. The summed E-state index contributed by atoms with van der Waals surface area (Å²) >= 11 is 0. The SMILES string of the molecule is Cc1ccnc(-c2cccc3c2oc2nc(-c4ccccc4)cc(C)c23)c1. The lowest BCUT2D eigenvalue weighted by atomic mass is 10.0.